The molecule has 0 bridgehead atoms. The molecular formula is C20H16FN5O2. The van der Waals surface area contributed by atoms with Crippen LogP contribution in [0.2, 0.25) is 0 Å². The number of amides is 1. The van der Waals surface area contributed by atoms with Gasteiger partial charge in [0.2, 0.25) is 0 Å². The van der Waals surface area contributed by atoms with Crippen LogP contribution in [0.1, 0.15) is 16.1 Å². The van der Waals surface area contributed by atoms with E-state index in [0.717, 1.165) is 0 Å². The number of aryl methyl sites for hydroxylation is 2. The van der Waals surface area contributed by atoms with Gasteiger partial charge in [-0.1, -0.05) is 12.1 Å². The molecule has 0 saturated carbocycles. The molecule has 0 radical (unpaired) electrons. The number of pyridine rings is 1. The lowest BCUT2D eigenvalue weighted by Crippen LogP contribution is -2.24. The normalized spacial score (nSPS) is 11.0. The molecule has 3 heterocycles. The monoisotopic (exact) mass is 377 g/mol. The van der Waals surface area contributed by atoms with Crippen LogP contribution in [-0.2, 0) is 7.05 Å². The average molecular weight is 377 g/mol. The summed E-state index contributed by atoms with van der Waals surface area (Å²) in [6.07, 6.45) is 4.65. The highest BCUT2D eigenvalue weighted by Crippen LogP contribution is 2.18. The van der Waals surface area contributed by atoms with Gasteiger partial charge in [-0.25, -0.2) is 14.4 Å². The van der Waals surface area contributed by atoms with Gasteiger partial charge in [0.05, 0.1) is 22.2 Å². The van der Waals surface area contributed by atoms with Crippen LogP contribution in [-0.4, -0.2) is 25.1 Å². The lowest BCUT2D eigenvalue weighted by atomic mass is 10.2. The maximum Gasteiger partial charge on any atom is 0.273 e. The van der Waals surface area contributed by atoms with Gasteiger partial charge in [-0.2, -0.15) is 0 Å². The predicted octanol–water partition coefficient (Wildman–Crippen LogP) is 2.63. The van der Waals surface area contributed by atoms with E-state index in [4.69, 9.17) is 0 Å². The maximum absolute atomic E-state index is 13.4. The number of carbonyl (C=O) groups excluding carboxylic acids is 1. The van der Waals surface area contributed by atoms with Gasteiger partial charge < -0.3 is 4.57 Å². The Hall–Kier alpha value is -3.81. The molecule has 1 aromatic carbocycles. The van der Waals surface area contributed by atoms with Crippen LogP contribution in [0.25, 0.3) is 22.3 Å². The van der Waals surface area contributed by atoms with Crippen molar-refractivity contribution in [2.75, 3.05) is 5.43 Å². The number of halogens is 1. The summed E-state index contributed by atoms with van der Waals surface area (Å²) in [5, 5.41) is 0.500. The zero-order valence-corrected chi connectivity index (χ0v) is 15.2. The summed E-state index contributed by atoms with van der Waals surface area (Å²) in [4.78, 5) is 33.3. The molecule has 0 spiro atoms. The third-order valence-corrected chi connectivity index (χ3v) is 4.46. The fourth-order valence-corrected chi connectivity index (χ4v) is 2.96. The number of carbonyl (C=O) groups is 1. The molecule has 3 aromatic heterocycles. The van der Waals surface area contributed by atoms with Crippen LogP contribution >= 0.6 is 0 Å². The van der Waals surface area contributed by atoms with E-state index in [1.54, 1.807) is 50.6 Å². The topological polar surface area (TPSA) is 81.8 Å². The molecule has 0 unspecified atom stereocenters. The third kappa shape index (κ3) is 3.05. The first kappa shape index (κ1) is 17.6. The summed E-state index contributed by atoms with van der Waals surface area (Å²) in [6, 6.07) is 9.34. The van der Waals surface area contributed by atoms with Gasteiger partial charge in [-0.05, 0) is 31.2 Å². The highest BCUT2D eigenvalue weighted by atomic mass is 19.1. The molecule has 140 valence electrons. The van der Waals surface area contributed by atoms with E-state index in [0.29, 0.717) is 28.0 Å². The van der Waals surface area contributed by atoms with Gasteiger partial charge in [0.1, 0.15) is 5.82 Å². The number of nitrogens with one attached hydrogen (secondary N) is 1. The molecule has 1 N–H and O–H groups in total. The van der Waals surface area contributed by atoms with Gasteiger partial charge in [-0.15, -0.1) is 0 Å². The lowest BCUT2D eigenvalue weighted by molar-refractivity contribution is 0.101. The molecule has 0 fully saturated rings. The van der Waals surface area contributed by atoms with Gasteiger partial charge in [0, 0.05) is 31.2 Å². The minimum absolute atomic E-state index is 0.149. The number of rotatable bonds is 3. The molecular weight excluding hydrogens is 361 g/mol. The van der Waals surface area contributed by atoms with Gasteiger partial charge in [-0.3, -0.25) is 19.7 Å². The number of hydrogen-bond donors (Lipinski definition) is 1. The van der Waals surface area contributed by atoms with Crippen LogP contribution in [0.3, 0.4) is 0 Å². The van der Waals surface area contributed by atoms with Crippen molar-refractivity contribution >= 4 is 16.8 Å². The highest BCUT2D eigenvalue weighted by molar-refractivity contribution is 6.01. The summed E-state index contributed by atoms with van der Waals surface area (Å²) >= 11 is 0. The first-order chi connectivity index (χ1) is 13.4. The molecule has 4 aromatic rings. The Labute approximate surface area is 159 Å². The third-order valence-electron chi connectivity index (χ3n) is 4.46. The molecule has 28 heavy (non-hydrogen) atoms. The van der Waals surface area contributed by atoms with Crippen molar-refractivity contribution in [2.45, 2.75) is 6.92 Å². The Morgan fingerprint density at radius 2 is 2.00 bits per heavy atom. The Kier molecular flexibility index (Phi) is 4.23. The molecule has 7 nitrogen and oxygen atoms in total. The standard InChI is InChI=1S/C20H16FN5O2/c1-12-16(11-22-18(23-12)13-4-3-5-14(21)10-13)19(27)24-26-9-6-15-17(26)7-8-25(2)20(15)28/h3-11H,1-2H3,(H,24,27). The highest BCUT2D eigenvalue weighted by Gasteiger charge is 2.15. The smallest absolute Gasteiger partial charge is 0.273 e. The van der Waals surface area contributed by atoms with Gasteiger partial charge in [0.15, 0.2) is 5.82 Å². The van der Waals surface area contributed by atoms with Crippen LogP contribution < -0.4 is 11.0 Å². The number of aromatic nitrogens is 4. The average Bonchev–Trinajstić information content (AvgIpc) is 3.08. The molecule has 8 heteroatoms. The number of hydrogen-bond acceptors (Lipinski definition) is 4. The summed E-state index contributed by atoms with van der Waals surface area (Å²) < 4.78 is 16.4. The fraction of sp³-hybridized carbons (Fsp3) is 0.100. The van der Waals surface area contributed by atoms with E-state index in [1.807, 2.05) is 0 Å². The molecule has 0 aliphatic heterocycles. The molecule has 1 amide bonds. The fourth-order valence-electron chi connectivity index (χ4n) is 2.96. The van der Waals surface area contributed by atoms with Crippen molar-refractivity contribution in [1.82, 2.24) is 19.2 Å². The van der Waals surface area contributed by atoms with Gasteiger partial charge >= 0.3 is 0 Å². The van der Waals surface area contributed by atoms with Crippen molar-refractivity contribution in [1.29, 1.82) is 0 Å². The largest absolute Gasteiger partial charge is 0.318 e. The van der Waals surface area contributed by atoms with Crippen molar-refractivity contribution in [3.8, 4) is 11.4 Å². The van der Waals surface area contributed by atoms with Crippen molar-refractivity contribution in [3.63, 3.8) is 0 Å². The first-order valence-corrected chi connectivity index (χ1v) is 8.51. The van der Waals surface area contributed by atoms with E-state index in [-0.39, 0.29) is 16.9 Å². The minimum atomic E-state index is -0.415. The Morgan fingerprint density at radius 1 is 1.18 bits per heavy atom. The van der Waals surface area contributed by atoms with Crippen LogP contribution in [0.4, 0.5) is 4.39 Å². The summed E-state index contributed by atoms with van der Waals surface area (Å²) in [6.45, 7) is 1.68. The van der Waals surface area contributed by atoms with Crippen LogP contribution in [0, 0.1) is 12.7 Å². The predicted molar refractivity (Wildman–Crippen MR) is 103 cm³/mol. The second-order valence-corrected chi connectivity index (χ2v) is 6.36. The zero-order valence-electron chi connectivity index (χ0n) is 15.2. The quantitative estimate of drug-likeness (QED) is 0.595. The summed E-state index contributed by atoms with van der Waals surface area (Å²) in [5.74, 6) is -0.462. The molecule has 0 aliphatic rings. The minimum Gasteiger partial charge on any atom is -0.318 e. The second kappa shape index (κ2) is 6.73. The van der Waals surface area contributed by atoms with Crippen LogP contribution in [0.5, 0.6) is 0 Å². The molecule has 0 saturated heterocycles. The maximum atomic E-state index is 13.4. The molecule has 0 atom stereocenters. The number of benzene rings is 1. The molecule has 0 aliphatic carbocycles. The van der Waals surface area contributed by atoms with E-state index < -0.39 is 5.91 Å². The Morgan fingerprint density at radius 3 is 2.75 bits per heavy atom. The van der Waals surface area contributed by atoms with Crippen molar-refractivity contribution in [2.24, 2.45) is 7.05 Å². The second-order valence-electron chi connectivity index (χ2n) is 6.36. The number of nitrogens with zero attached hydrogens (tertiary/aromatic N) is 4. The van der Waals surface area contributed by atoms with Gasteiger partial charge in [0.25, 0.3) is 11.5 Å². The number of fused-ring (bicyclic) bond motifs is 1. The van der Waals surface area contributed by atoms with E-state index >= 15 is 0 Å². The van der Waals surface area contributed by atoms with E-state index in [2.05, 4.69) is 15.4 Å². The van der Waals surface area contributed by atoms with E-state index in [1.165, 1.54) is 27.6 Å². The Bertz CT molecular complexity index is 1280. The molecule has 4 rings (SSSR count). The lowest BCUT2D eigenvalue weighted by Gasteiger charge is -2.10. The van der Waals surface area contributed by atoms with Crippen molar-refractivity contribution < 1.29 is 9.18 Å². The Balaban J connectivity index is 1.64. The van der Waals surface area contributed by atoms with Crippen LogP contribution in [0.15, 0.2) is 59.8 Å². The summed E-state index contributed by atoms with van der Waals surface area (Å²) in [7, 11) is 1.67. The summed E-state index contributed by atoms with van der Waals surface area (Å²) in [5.41, 5.74) is 4.44. The van der Waals surface area contributed by atoms with E-state index in [9.17, 15) is 14.0 Å². The van der Waals surface area contributed by atoms with Crippen molar-refractivity contribution in [3.05, 3.63) is 82.4 Å². The zero-order chi connectivity index (χ0) is 19.8. The SMILES string of the molecule is Cc1nc(-c2cccc(F)c2)ncc1C(=O)Nn1ccc2c(=O)n(C)ccc21. The first-order valence-electron chi connectivity index (χ1n) is 8.51.